The molecule has 4 nitrogen and oxygen atoms in total. The number of benzene rings is 3. The Morgan fingerprint density at radius 3 is 2.62 bits per heavy atom. The van der Waals surface area contributed by atoms with E-state index in [4.69, 9.17) is 9.47 Å². The van der Waals surface area contributed by atoms with Crippen molar-refractivity contribution in [3.63, 3.8) is 0 Å². The third-order valence-electron chi connectivity index (χ3n) is 5.82. The third kappa shape index (κ3) is 3.37. The predicted octanol–water partition coefficient (Wildman–Crippen LogP) is 7.33. The first-order chi connectivity index (χ1) is 15.3. The smallest absolute Gasteiger partial charge is 0.172 e. The summed E-state index contributed by atoms with van der Waals surface area (Å²) in [6, 6.07) is 15.7. The Bertz CT molecular complexity index is 1320. The van der Waals surface area contributed by atoms with Crippen LogP contribution < -0.4 is 14.8 Å². The van der Waals surface area contributed by atoms with Gasteiger partial charge in [-0.05, 0) is 68.3 Å². The molecule has 0 saturated carbocycles. The van der Waals surface area contributed by atoms with Crippen LogP contribution in [0.15, 0.2) is 59.1 Å². The molecule has 0 spiro atoms. The summed E-state index contributed by atoms with van der Waals surface area (Å²) in [7, 11) is 1.56. The van der Waals surface area contributed by atoms with Crippen molar-refractivity contribution in [1.29, 1.82) is 0 Å². The molecule has 0 radical (unpaired) electrons. The van der Waals surface area contributed by atoms with Gasteiger partial charge in [-0.15, -0.1) is 0 Å². The van der Waals surface area contributed by atoms with Gasteiger partial charge in [0.1, 0.15) is 11.5 Å². The highest BCUT2D eigenvalue weighted by Crippen LogP contribution is 2.54. The zero-order valence-electron chi connectivity index (χ0n) is 18.4. The Hall–Kier alpha value is -3.18. The zero-order chi connectivity index (χ0) is 22.6. The molecule has 3 aromatic rings. The first-order valence-electron chi connectivity index (χ1n) is 10.5. The number of nitrogens with one attached hydrogen (secondary N) is 1. The molecule has 5 heteroatoms. The number of hydrogen-bond acceptors (Lipinski definition) is 4. The van der Waals surface area contributed by atoms with E-state index in [2.05, 4.69) is 72.4 Å². The molecule has 0 saturated heterocycles. The van der Waals surface area contributed by atoms with Crippen molar-refractivity contribution in [2.24, 2.45) is 0 Å². The Morgan fingerprint density at radius 2 is 1.88 bits per heavy atom. The summed E-state index contributed by atoms with van der Waals surface area (Å²) in [4.78, 5) is 0. The second-order valence-corrected chi connectivity index (χ2v) is 9.66. The second-order valence-electron chi connectivity index (χ2n) is 8.74. The molecular formula is C27H24BrNO3. The van der Waals surface area contributed by atoms with Gasteiger partial charge < -0.3 is 19.9 Å². The normalized spacial score (nSPS) is 16.8. The average Bonchev–Trinajstić information content (AvgIpc) is 2.72. The highest BCUT2D eigenvalue weighted by Gasteiger charge is 2.33. The number of halogens is 1. The Morgan fingerprint density at radius 1 is 1.06 bits per heavy atom. The summed E-state index contributed by atoms with van der Waals surface area (Å²) >= 11 is 3.56. The van der Waals surface area contributed by atoms with E-state index in [1.807, 2.05) is 18.2 Å². The Labute approximate surface area is 196 Å². The van der Waals surface area contributed by atoms with Gasteiger partial charge in [0.15, 0.2) is 11.5 Å². The lowest BCUT2D eigenvalue weighted by molar-refractivity contribution is 0.371. The van der Waals surface area contributed by atoms with E-state index in [-0.39, 0.29) is 11.3 Å². The van der Waals surface area contributed by atoms with Crippen LogP contribution in [0.25, 0.3) is 28.5 Å². The van der Waals surface area contributed by atoms with Gasteiger partial charge in [-0.2, -0.15) is 0 Å². The van der Waals surface area contributed by atoms with Gasteiger partial charge in [-0.25, -0.2) is 0 Å². The van der Waals surface area contributed by atoms with Crippen molar-refractivity contribution in [3.8, 4) is 28.4 Å². The van der Waals surface area contributed by atoms with Gasteiger partial charge in [0, 0.05) is 26.9 Å². The molecule has 0 unspecified atom stereocenters. The zero-order valence-corrected chi connectivity index (χ0v) is 20.0. The maximum Gasteiger partial charge on any atom is 0.172 e. The molecule has 0 atom stereocenters. The van der Waals surface area contributed by atoms with Gasteiger partial charge in [0.25, 0.3) is 0 Å². The van der Waals surface area contributed by atoms with Gasteiger partial charge in [-0.3, -0.25) is 0 Å². The number of ether oxygens (including phenoxy) is 2. The highest BCUT2D eigenvalue weighted by molar-refractivity contribution is 9.10. The minimum absolute atomic E-state index is 0.0875. The van der Waals surface area contributed by atoms with E-state index in [0.717, 1.165) is 43.7 Å². The molecule has 2 aliphatic rings. The van der Waals surface area contributed by atoms with Gasteiger partial charge in [0.05, 0.1) is 18.2 Å². The molecule has 162 valence electrons. The van der Waals surface area contributed by atoms with E-state index in [1.54, 1.807) is 19.2 Å². The average molecular weight is 490 g/mol. The van der Waals surface area contributed by atoms with Crippen molar-refractivity contribution >= 4 is 39.0 Å². The molecule has 0 aliphatic carbocycles. The molecule has 5 rings (SSSR count). The monoisotopic (exact) mass is 489 g/mol. The van der Waals surface area contributed by atoms with Crippen molar-refractivity contribution in [2.75, 3.05) is 12.4 Å². The van der Waals surface area contributed by atoms with Crippen LogP contribution in [0, 0.1) is 0 Å². The Balaban J connectivity index is 1.84. The molecule has 32 heavy (non-hydrogen) atoms. The Kier molecular flexibility index (Phi) is 4.82. The number of anilines is 1. The van der Waals surface area contributed by atoms with Crippen LogP contribution in [0.4, 0.5) is 5.69 Å². The second kappa shape index (κ2) is 7.45. The van der Waals surface area contributed by atoms with E-state index < -0.39 is 0 Å². The van der Waals surface area contributed by atoms with Crippen molar-refractivity contribution < 1.29 is 14.6 Å². The fourth-order valence-corrected chi connectivity index (χ4v) is 5.11. The van der Waals surface area contributed by atoms with Crippen molar-refractivity contribution in [1.82, 2.24) is 0 Å². The summed E-state index contributed by atoms with van der Waals surface area (Å²) in [5.74, 6) is 1.91. The maximum absolute atomic E-state index is 10.5. The lowest BCUT2D eigenvalue weighted by atomic mass is 9.83. The predicted molar refractivity (Wildman–Crippen MR) is 134 cm³/mol. The van der Waals surface area contributed by atoms with E-state index in [9.17, 15) is 5.11 Å². The number of aromatic hydroxyl groups is 1. The third-order valence-corrected chi connectivity index (χ3v) is 6.31. The van der Waals surface area contributed by atoms with Gasteiger partial charge in [0.2, 0.25) is 0 Å². The molecule has 0 bridgehead atoms. The van der Waals surface area contributed by atoms with Gasteiger partial charge in [-0.1, -0.05) is 40.2 Å². The van der Waals surface area contributed by atoms with Crippen LogP contribution in [-0.4, -0.2) is 17.8 Å². The minimum Gasteiger partial charge on any atom is -0.504 e. The number of methoxy groups -OCH3 is 1. The van der Waals surface area contributed by atoms with Crippen LogP contribution in [0.5, 0.6) is 17.2 Å². The van der Waals surface area contributed by atoms with Crippen LogP contribution >= 0.6 is 15.9 Å². The molecule has 2 heterocycles. The lowest BCUT2D eigenvalue weighted by Crippen LogP contribution is -2.32. The van der Waals surface area contributed by atoms with Crippen molar-refractivity contribution in [2.45, 2.75) is 26.3 Å². The van der Waals surface area contributed by atoms with E-state index in [1.165, 1.54) is 5.57 Å². The topological polar surface area (TPSA) is 50.7 Å². The number of phenolic OH excluding ortho intramolecular Hbond substituents is 1. The summed E-state index contributed by atoms with van der Waals surface area (Å²) in [6.45, 7) is 6.45. The van der Waals surface area contributed by atoms with Crippen LogP contribution in [0.1, 0.15) is 37.5 Å². The summed E-state index contributed by atoms with van der Waals surface area (Å²) < 4.78 is 13.1. The molecule has 0 amide bonds. The molecule has 2 N–H and O–H groups in total. The summed E-state index contributed by atoms with van der Waals surface area (Å²) in [5.41, 5.74) is 6.91. The highest BCUT2D eigenvalue weighted by atomic mass is 79.9. The molecular weight excluding hydrogens is 466 g/mol. The number of phenols is 1. The fraction of sp³-hybridized carbons (Fsp3) is 0.185. The first kappa shape index (κ1) is 20.7. The van der Waals surface area contributed by atoms with Crippen LogP contribution in [0.2, 0.25) is 0 Å². The number of rotatable bonds is 2. The number of fused-ring (bicyclic) bond motifs is 5. The fourth-order valence-electron chi connectivity index (χ4n) is 4.70. The lowest BCUT2D eigenvalue weighted by Gasteiger charge is -2.35. The molecule has 2 aliphatic heterocycles. The molecule has 0 aromatic heterocycles. The number of allylic oxidation sites excluding steroid dienone is 1. The SMILES string of the molecule is COc1c(O)ccc2c1-c1ccc3c(c1C(=Cc1cccc(Br)c1)O2)C(C)=CC(C)(C)N3. The number of hydrogen-bond donors (Lipinski definition) is 2. The van der Waals surface area contributed by atoms with Crippen LogP contribution in [0.3, 0.4) is 0 Å². The summed E-state index contributed by atoms with van der Waals surface area (Å²) in [5, 5.41) is 14.1. The summed E-state index contributed by atoms with van der Waals surface area (Å²) in [6.07, 6.45) is 4.29. The maximum atomic E-state index is 10.5. The first-order valence-corrected chi connectivity index (χ1v) is 11.3. The largest absolute Gasteiger partial charge is 0.504 e. The molecule has 0 fully saturated rings. The van der Waals surface area contributed by atoms with Crippen LogP contribution in [-0.2, 0) is 0 Å². The van der Waals surface area contributed by atoms with Gasteiger partial charge >= 0.3 is 0 Å². The quantitative estimate of drug-likeness (QED) is 0.395. The molecule has 3 aromatic carbocycles. The van der Waals surface area contributed by atoms with Crippen molar-refractivity contribution in [3.05, 3.63) is 75.8 Å². The van der Waals surface area contributed by atoms with E-state index in [0.29, 0.717) is 11.5 Å². The minimum atomic E-state index is -0.150. The standard InChI is InChI=1S/C27H24BrNO3/c1-15-14-27(2,3)29-19-9-8-18-24(23(15)19)22(13-16-6-5-7-17(28)12-16)32-21-11-10-20(30)26(31-4)25(18)21/h5-14,29-30H,1-4H3. The van der Waals surface area contributed by atoms with E-state index >= 15 is 0 Å².